The van der Waals surface area contributed by atoms with Crippen molar-refractivity contribution in [2.24, 2.45) is 0 Å². The molecule has 2 amide bonds. The molecular formula is C18H20N2O4. The molecule has 0 aromatic heterocycles. The van der Waals surface area contributed by atoms with Gasteiger partial charge in [-0.2, -0.15) is 0 Å². The summed E-state index contributed by atoms with van der Waals surface area (Å²) in [5.74, 6) is -0.632. The van der Waals surface area contributed by atoms with Gasteiger partial charge in [0, 0.05) is 5.69 Å². The van der Waals surface area contributed by atoms with E-state index >= 15 is 0 Å². The van der Waals surface area contributed by atoms with Crippen molar-refractivity contribution in [3.8, 4) is 11.5 Å². The number of hydrogen-bond donors (Lipinski definition) is 3. The van der Waals surface area contributed by atoms with Crippen molar-refractivity contribution < 1.29 is 19.4 Å². The van der Waals surface area contributed by atoms with E-state index in [9.17, 15) is 14.7 Å². The Morgan fingerprint density at radius 2 is 1.79 bits per heavy atom. The van der Waals surface area contributed by atoms with Crippen LogP contribution >= 0.6 is 0 Å². The number of phenols is 1. The number of nitrogens with one attached hydrogen (secondary N) is 2. The van der Waals surface area contributed by atoms with Crippen molar-refractivity contribution >= 4 is 17.5 Å². The number of amides is 2. The number of aryl methyl sites for hydroxylation is 2. The van der Waals surface area contributed by atoms with Gasteiger partial charge in [-0.15, -0.1) is 0 Å². The zero-order chi connectivity index (χ0) is 17.7. The number of ether oxygens (including phenoxy) is 1. The quantitative estimate of drug-likeness (QED) is 0.786. The van der Waals surface area contributed by atoms with E-state index in [0.717, 1.165) is 16.8 Å². The SMILES string of the molecule is COc1ccc(O)c(C(=O)NCC(=O)Nc2c(C)cccc2C)c1. The molecule has 6 nitrogen and oxygen atoms in total. The predicted molar refractivity (Wildman–Crippen MR) is 91.5 cm³/mol. The minimum Gasteiger partial charge on any atom is -0.507 e. The van der Waals surface area contributed by atoms with Crippen molar-refractivity contribution in [1.82, 2.24) is 5.32 Å². The van der Waals surface area contributed by atoms with Gasteiger partial charge in [0.05, 0.1) is 19.2 Å². The van der Waals surface area contributed by atoms with Crippen molar-refractivity contribution in [2.75, 3.05) is 19.0 Å². The average molecular weight is 328 g/mol. The molecule has 0 bridgehead atoms. The molecule has 0 spiro atoms. The van der Waals surface area contributed by atoms with E-state index in [0.29, 0.717) is 5.75 Å². The Morgan fingerprint density at radius 3 is 2.42 bits per heavy atom. The molecule has 2 aromatic rings. The Bertz CT molecular complexity index is 751. The topological polar surface area (TPSA) is 87.7 Å². The molecule has 0 fully saturated rings. The number of aromatic hydroxyl groups is 1. The predicted octanol–water partition coefficient (Wildman–Crippen LogP) is 2.39. The van der Waals surface area contributed by atoms with Crippen LogP contribution < -0.4 is 15.4 Å². The van der Waals surface area contributed by atoms with Gasteiger partial charge in [-0.1, -0.05) is 18.2 Å². The van der Waals surface area contributed by atoms with Gasteiger partial charge in [-0.3, -0.25) is 9.59 Å². The molecule has 0 heterocycles. The summed E-state index contributed by atoms with van der Waals surface area (Å²) in [5, 5.41) is 15.0. The van der Waals surface area contributed by atoms with Crippen molar-refractivity contribution in [2.45, 2.75) is 13.8 Å². The summed E-state index contributed by atoms with van der Waals surface area (Å²) in [7, 11) is 1.46. The van der Waals surface area contributed by atoms with Gasteiger partial charge in [0.2, 0.25) is 5.91 Å². The van der Waals surface area contributed by atoms with E-state index in [-0.39, 0.29) is 23.8 Å². The van der Waals surface area contributed by atoms with Gasteiger partial charge in [0.15, 0.2) is 0 Å². The lowest BCUT2D eigenvalue weighted by Gasteiger charge is -2.12. The average Bonchev–Trinajstić information content (AvgIpc) is 2.56. The Morgan fingerprint density at radius 1 is 1.12 bits per heavy atom. The summed E-state index contributed by atoms with van der Waals surface area (Å²) < 4.78 is 5.02. The second-order valence-electron chi connectivity index (χ2n) is 5.38. The number of anilines is 1. The highest BCUT2D eigenvalue weighted by atomic mass is 16.5. The Kier molecular flexibility index (Phi) is 5.42. The maximum atomic E-state index is 12.1. The molecule has 2 rings (SSSR count). The van der Waals surface area contributed by atoms with E-state index in [2.05, 4.69) is 10.6 Å². The fraction of sp³-hybridized carbons (Fsp3) is 0.222. The lowest BCUT2D eigenvalue weighted by atomic mass is 10.1. The first kappa shape index (κ1) is 17.3. The molecule has 0 atom stereocenters. The second-order valence-corrected chi connectivity index (χ2v) is 5.38. The van der Waals surface area contributed by atoms with Crippen LogP contribution in [-0.4, -0.2) is 30.6 Å². The lowest BCUT2D eigenvalue weighted by molar-refractivity contribution is -0.115. The van der Waals surface area contributed by atoms with Gasteiger partial charge >= 0.3 is 0 Å². The van der Waals surface area contributed by atoms with Crippen LogP contribution in [0.25, 0.3) is 0 Å². The van der Waals surface area contributed by atoms with Crippen LogP contribution in [0.1, 0.15) is 21.5 Å². The molecule has 6 heteroatoms. The molecule has 0 aliphatic carbocycles. The molecule has 0 saturated carbocycles. The maximum Gasteiger partial charge on any atom is 0.255 e. The smallest absolute Gasteiger partial charge is 0.255 e. The summed E-state index contributed by atoms with van der Waals surface area (Å²) >= 11 is 0. The molecule has 0 unspecified atom stereocenters. The number of phenolic OH excluding ortho intramolecular Hbond substituents is 1. The Labute approximate surface area is 140 Å². The number of carbonyl (C=O) groups is 2. The van der Waals surface area contributed by atoms with Crippen LogP contribution in [0.15, 0.2) is 36.4 Å². The molecule has 0 aliphatic rings. The van der Waals surface area contributed by atoms with E-state index in [1.165, 1.54) is 19.2 Å². The minimum atomic E-state index is -0.553. The zero-order valence-electron chi connectivity index (χ0n) is 13.8. The fourth-order valence-corrected chi connectivity index (χ4v) is 2.28. The van der Waals surface area contributed by atoms with Crippen LogP contribution in [0, 0.1) is 13.8 Å². The van der Waals surface area contributed by atoms with E-state index < -0.39 is 5.91 Å². The van der Waals surface area contributed by atoms with Gasteiger partial charge in [-0.05, 0) is 43.2 Å². The van der Waals surface area contributed by atoms with Crippen LogP contribution in [0.4, 0.5) is 5.69 Å². The second kappa shape index (κ2) is 7.50. The fourth-order valence-electron chi connectivity index (χ4n) is 2.28. The highest BCUT2D eigenvalue weighted by molar-refractivity contribution is 6.01. The first-order chi connectivity index (χ1) is 11.4. The molecule has 2 aromatic carbocycles. The summed E-state index contributed by atoms with van der Waals surface area (Å²) in [6, 6.07) is 10.0. The first-order valence-corrected chi connectivity index (χ1v) is 7.43. The van der Waals surface area contributed by atoms with Gasteiger partial charge in [-0.25, -0.2) is 0 Å². The van der Waals surface area contributed by atoms with Crippen LogP contribution in [-0.2, 0) is 4.79 Å². The molecule has 3 N–H and O–H groups in total. The lowest BCUT2D eigenvalue weighted by Crippen LogP contribution is -2.33. The molecule has 0 saturated heterocycles. The summed E-state index contributed by atoms with van der Waals surface area (Å²) in [5.41, 5.74) is 2.68. The first-order valence-electron chi connectivity index (χ1n) is 7.43. The molecule has 0 aliphatic heterocycles. The number of methoxy groups -OCH3 is 1. The third-order valence-electron chi connectivity index (χ3n) is 3.60. The third kappa shape index (κ3) is 4.04. The van der Waals surface area contributed by atoms with E-state index in [4.69, 9.17) is 4.74 Å². The highest BCUT2D eigenvalue weighted by Gasteiger charge is 2.14. The minimum absolute atomic E-state index is 0.0502. The van der Waals surface area contributed by atoms with Gasteiger partial charge < -0.3 is 20.5 Å². The highest BCUT2D eigenvalue weighted by Crippen LogP contribution is 2.22. The zero-order valence-corrected chi connectivity index (χ0v) is 13.8. The van der Waals surface area contributed by atoms with Crippen LogP contribution in [0.3, 0.4) is 0 Å². The number of carbonyl (C=O) groups excluding carboxylic acids is 2. The number of para-hydroxylation sites is 1. The summed E-state index contributed by atoms with van der Waals surface area (Å²) in [6.07, 6.45) is 0. The summed E-state index contributed by atoms with van der Waals surface area (Å²) in [4.78, 5) is 24.2. The molecule has 24 heavy (non-hydrogen) atoms. The molecular weight excluding hydrogens is 308 g/mol. The number of rotatable bonds is 5. The standard InChI is InChI=1S/C18H20N2O4/c1-11-5-4-6-12(2)17(11)20-16(22)10-19-18(23)14-9-13(24-3)7-8-15(14)21/h4-9,21H,10H2,1-3H3,(H,19,23)(H,20,22). The normalized spacial score (nSPS) is 10.1. The van der Waals surface area contributed by atoms with Gasteiger partial charge in [0.25, 0.3) is 5.91 Å². The number of benzene rings is 2. The Balaban J connectivity index is 2.00. The van der Waals surface area contributed by atoms with E-state index in [1.807, 2.05) is 32.0 Å². The van der Waals surface area contributed by atoms with Gasteiger partial charge in [0.1, 0.15) is 11.5 Å². The van der Waals surface area contributed by atoms with Crippen LogP contribution in [0.2, 0.25) is 0 Å². The molecule has 126 valence electrons. The van der Waals surface area contributed by atoms with Crippen molar-refractivity contribution in [3.63, 3.8) is 0 Å². The van der Waals surface area contributed by atoms with E-state index in [1.54, 1.807) is 6.07 Å². The summed E-state index contributed by atoms with van der Waals surface area (Å²) in [6.45, 7) is 3.59. The van der Waals surface area contributed by atoms with Crippen LogP contribution in [0.5, 0.6) is 11.5 Å². The Hall–Kier alpha value is -3.02. The largest absolute Gasteiger partial charge is 0.507 e. The van der Waals surface area contributed by atoms with Crippen molar-refractivity contribution in [1.29, 1.82) is 0 Å². The maximum absolute atomic E-state index is 12.1. The third-order valence-corrected chi connectivity index (χ3v) is 3.60. The number of hydrogen-bond acceptors (Lipinski definition) is 4. The molecule has 0 radical (unpaired) electrons. The van der Waals surface area contributed by atoms with Crippen molar-refractivity contribution in [3.05, 3.63) is 53.1 Å². The monoisotopic (exact) mass is 328 g/mol.